The highest BCUT2D eigenvalue weighted by molar-refractivity contribution is 4.99. The van der Waals surface area contributed by atoms with Crippen LogP contribution in [-0.2, 0) is 6.54 Å². The van der Waals surface area contributed by atoms with Gasteiger partial charge in [0.25, 0.3) is 0 Å². The highest BCUT2D eigenvalue weighted by Crippen LogP contribution is 2.27. The molecule has 4 nitrogen and oxygen atoms in total. The van der Waals surface area contributed by atoms with Gasteiger partial charge in [-0.05, 0) is 37.8 Å². The van der Waals surface area contributed by atoms with Gasteiger partial charge in [0.1, 0.15) is 0 Å². The molecule has 1 aromatic heterocycles. The third kappa shape index (κ3) is 4.60. The number of nitrogens with zero attached hydrogens (tertiary/aromatic N) is 2. The summed E-state index contributed by atoms with van der Waals surface area (Å²) >= 11 is 0. The molecule has 1 fully saturated rings. The molecule has 0 amide bonds. The Labute approximate surface area is 122 Å². The molecule has 1 saturated carbocycles. The number of aliphatic hydroxyl groups is 1. The summed E-state index contributed by atoms with van der Waals surface area (Å²) in [6.45, 7) is 4.27. The molecule has 0 aliphatic heterocycles. The van der Waals surface area contributed by atoms with E-state index >= 15 is 0 Å². The molecular formula is C16H29N3O. The lowest BCUT2D eigenvalue weighted by Gasteiger charge is -2.21. The summed E-state index contributed by atoms with van der Waals surface area (Å²) in [6.07, 6.45) is 10.8. The molecule has 1 aliphatic rings. The molecule has 1 atom stereocenters. The molecule has 4 heteroatoms. The van der Waals surface area contributed by atoms with E-state index in [0.717, 1.165) is 31.6 Å². The highest BCUT2D eigenvalue weighted by atomic mass is 16.3. The van der Waals surface area contributed by atoms with Crippen molar-refractivity contribution < 1.29 is 5.11 Å². The maximum absolute atomic E-state index is 8.99. The summed E-state index contributed by atoms with van der Waals surface area (Å²) in [5, 5.41) is 17.2. The lowest BCUT2D eigenvalue weighted by atomic mass is 9.96. The van der Waals surface area contributed by atoms with E-state index in [9.17, 15) is 0 Å². The highest BCUT2D eigenvalue weighted by Gasteiger charge is 2.15. The van der Waals surface area contributed by atoms with E-state index < -0.39 is 0 Å². The number of rotatable bonds is 8. The first-order chi connectivity index (χ1) is 9.83. The van der Waals surface area contributed by atoms with Gasteiger partial charge in [-0.2, -0.15) is 5.10 Å². The molecule has 0 bridgehead atoms. The Kier molecular flexibility index (Phi) is 6.54. The van der Waals surface area contributed by atoms with Crippen molar-refractivity contribution in [2.75, 3.05) is 13.2 Å². The van der Waals surface area contributed by atoms with Gasteiger partial charge >= 0.3 is 0 Å². The van der Waals surface area contributed by atoms with Gasteiger partial charge in [-0.3, -0.25) is 4.68 Å². The van der Waals surface area contributed by atoms with Gasteiger partial charge in [0.2, 0.25) is 0 Å². The molecule has 114 valence electrons. The maximum atomic E-state index is 8.99. The van der Waals surface area contributed by atoms with Crippen molar-refractivity contribution in [2.45, 2.75) is 64.5 Å². The average molecular weight is 279 g/mol. The van der Waals surface area contributed by atoms with E-state index in [2.05, 4.69) is 29.2 Å². The smallest absolute Gasteiger partial charge is 0.0762 e. The zero-order valence-corrected chi connectivity index (χ0v) is 12.7. The van der Waals surface area contributed by atoms with Crippen molar-refractivity contribution in [3.8, 4) is 0 Å². The van der Waals surface area contributed by atoms with Crippen LogP contribution >= 0.6 is 0 Å². The van der Waals surface area contributed by atoms with Crippen molar-refractivity contribution >= 4 is 0 Å². The van der Waals surface area contributed by atoms with Crippen LogP contribution in [0.25, 0.3) is 0 Å². The normalized spacial score (nSPS) is 18.3. The van der Waals surface area contributed by atoms with Crippen molar-refractivity contribution in [3.63, 3.8) is 0 Å². The van der Waals surface area contributed by atoms with Gasteiger partial charge in [-0.25, -0.2) is 0 Å². The summed E-state index contributed by atoms with van der Waals surface area (Å²) < 4.78 is 2.17. The number of hydrogen-bond donors (Lipinski definition) is 2. The van der Waals surface area contributed by atoms with Gasteiger partial charge in [-0.1, -0.05) is 32.6 Å². The third-order valence-electron chi connectivity index (χ3n) is 4.47. The molecule has 1 unspecified atom stereocenters. The molecule has 1 aliphatic carbocycles. The minimum atomic E-state index is 0.288. The fourth-order valence-electron chi connectivity index (χ4n) is 3.06. The minimum absolute atomic E-state index is 0.288. The zero-order valence-electron chi connectivity index (χ0n) is 12.7. The van der Waals surface area contributed by atoms with Crippen LogP contribution in [0.3, 0.4) is 0 Å². The number of nitrogens with one attached hydrogen (secondary N) is 1. The Hall–Kier alpha value is -0.870. The Bertz CT molecular complexity index is 372. The molecule has 2 N–H and O–H groups in total. The van der Waals surface area contributed by atoms with E-state index in [1.54, 1.807) is 0 Å². The first-order valence-corrected chi connectivity index (χ1v) is 8.19. The summed E-state index contributed by atoms with van der Waals surface area (Å²) in [7, 11) is 0. The topological polar surface area (TPSA) is 50.1 Å². The molecule has 0 aromatic carbocycles. The minimum Gasteiger partial charge on any atom is -0.396 e. The quantitative estimate of drug-likeness (QED) is 0.769. The van der Waals surface area contributed by atoms with Gasteiger partial charge in [0, 0.05) is 19.3 Å². The van der Waals surface area contributed by atoms with Crippen LogP contribution in [0.5, 0.6) is 0 Å². The molecule has 0 saturated heterocycles. The number of hydrogen-bond acceptors (Lipinski definition) is 3. The lowest BCUT2D eigenvalue weighted by Crippen LogP contribution is -2.23. The second-order valence-corrected chi connectivity index (χ2v) is 6.00. The lowest BCUT2D eigenvalue weighted by molar-refractivity contribution is 0.251. The second-order valence-electron chi connectivity index (χ2n) is 6.00. The number of aromatic nitrogens is 2. The van der Waals surface area contributed by atoms with Crippen LogP contribution in [0.1, 0.15) is 63.6 Å². The first kappa shape index (κ1) is 15.5. The van der Waals surface area contributed by atoms with E-state index in [1.807, 2.05) is 0 Å². The second kappa shape index (κ2) is 8.42. The van der Waals surface area contributed by atoms with Crippen LogP contribution in [-0.4, -0.2) is 28.0 Å². The van der Waals surface area contributed by atoms with Gasteiger partial charge in [0.15, 0.2) is 0 Å². The van der Waals surface area contributed by atoms with Crippen LogP contribution in [0.2, 0.25) is 0 Å². The zero-order chi connectivity index (χ0) is 14.2. The fourth-order valence-corrected chi connectivity index (χ4v) is 3.06. The van der Waals surface area contributed by atoms with Gasteiger partial charge < -0.3 is 10.4 Å². The van der Waals surface area contributed by atoms with Gasteiger partial charge in [-0.15, -0.1) is 0 Å². The summed E-state index contributed by atoms with van der Waals surface area (Å²) in [5.74, 6) is 0.570. The van der Waals surface area contributed by atoms with E-state index in [4.69, 9.17) is 10.2 Å². The van der Waals surface area contributed by atoms with Crippen molar-refractivity contribution in [3.05, 3.63) is 18.0 Å². The van der Waals surface area contributed by atoms with Crippen molar-refractivity contribution in [2.24, 2.45) is 5.92 Å². The molecule has 1 aromatic rings. The Balaban J connectivity index is 1.74. The number of aliphatic hydroxyl groups excluding tert-OH is 1. The molecule has 0 radical (unpaired) electrons. The monoisotopic (exact) mass is 279 g/mol. The molecule has 2 rings (SSSR count). The van der Waals surface area contributed by atoms with Gasteiger partial charge in [0.05, 0.1) is 11.7 Å². The van der Waals surface area contributed by atoms with Crippen molar-refractivity contribution in [1.82, 2.24) is 15.1 Å². The van der Waals surface area contributed by atoms with E-state index in [0.29, 0.717) is 12.0 Å². The molecule has 1 heterocycles. The molecule has 20 heavy (non-hydrogen) atoms. The SMILES string of the molecule is CCC(CCO)CNCc1ccn(C2CCCCC2)n1. The maximum Gasteiger partial charge on any atom is 0.0762 e. The Morgan fingerprint density at radius 2 is 2.20 bits per heavy atom. The summed E-state index contributed by atoms with van der Waals surface area (Å²) in [4.78, 5) is 0. The first-order valence-electron chi connectivity index (χ1n) is 8.19. The van der Waals surface area contributed by atoms with E-state index in [1.165, 1.54) is 32.1 Å². The average Bonchev–Trinajstić information content (AvgIpc) is 2.96. The molecule has 0 spiro atoms. The fraction of sp³-hybridized carbons (Fsp3) is 0.812. The van der Waals surface area contributed by atoms with Crippen LogP contribution < -0.4 is 5.32 Å². The predicted molar refractivity (Wildman–Crippen MR) is 81.5 cm³/mol. The van der Waals surface area contributed by atoms with Crippen LogP contribution in [0.4, 0.5) is 0 Å². The Morgan fingerprint density at radius 3 is 2.90 bits per heavy atom. The van der Waals surface area contributed by atoms with E-state index in [-0.39, 0.29) is 6.61 Å². The summed E-state index contributed by atoms with van der Waals surface area (Å²) in [6, 6.07) is 2.75. The standard InChI is InChI=1S/C16H29N3O/c1-2-14(9-11-20)12-17-13-15-8-10-19(18-15)16-6-4-3-5-7-16/h8,10,14,16-17,20H,2-7,9,11-13H2,1H3. The predicted octanol–water partition coefficient (Wildman–Crippen LogP) is 2.89. The van der Waals surface area contributed by atoms with Crippen molar-refractivity contribution in [1.29, 1.82) is 0 Å². The molecular weight excluding hydrogens is 250 g/mol. The third-order valence-corrected chi connectivity index (χ3v) is 4.47. The Morgan fingerprint density at radius 1 is 1.40 bits per heavy atom. The van der Waals surface area contributed by atoms with Crippen LogP contribution in [0, 0.1) is 5.92 Å². The largest absolute Gasteiger partial charge is 0.396 e. The summed E-state index contributed by atoms with van der Waals surface area (Å²) in [5.41, 5.74) is 1.13. The van der Waals surface area contributed by atoms with Crippen LogP contribution in [0.15, 0.2) is 12.3 Å².